The van der Waals surface area contributed by atoms with Crippen LogP contribution in [0.25, 0.3) is 0 Å². The van der Waals surface area contributed by atoms with Crippen LogP contribution in [0.3, 0.4) is 0 Å². The van der Waals surface area contributed by atoms with Crippen molar-refractivity contribution in [3.8, 4) is 5.75 Å². The summed E-state index contributed by atoms with van der Waals surface area (Å²) in [5.74, 6) is 0.744. The Kier molecular flexibility index (Phi) is 8.79. The molecule has 0 atom stereocenters. The fourth-order valence-corrected chi connectivity index (χ4v) is 3.97. The molecular formula is C21H27ClN2O4S. The van der Waals surface area contributed by atoms with E-state index in [1.54, 1.807) is 31.4 Å². The van der Waals surface area contributed by atoms with Crippen LogP contribution in [0.5, 0.6) is 5.75 Å². The molecule has 1 amide bonds. The van der Waals surface area contributed by atoms with E-state index in [1.165, 1.54) is 9.87 Å². The summed E-state index contributed by atoms with van der Waals surface area (Å²) in [6, 6.07) is 14.5. The molecule has 0 aliphatic rings. The summed E-state index contributed by atoms with van der Waals surface area (Å²) < 4.78 is 30.5. The second-order valence-electron chi connectivity index (χ2n) is 6.72. The highest BCUT2D eigenvalue weighted by atomic mass is 35.5. The van der Waals surface area contributed by atoms with Gasteiger partial charge in [0.15, 0.2) is 0 Å². The topological polar surface area (TPSA) is 75.7 Å². The zero-order valence-electron chi connectivity index (χ0n) is 16.7. The number of sulfonamides is 1. The predicted octanol–water partition coefficient (Wildman–Crippen LogP) is 3.64. The van der Waals surface area contributed by atoms with E-state index in [-0.39, 0.29) is 18.9 Å². The third kappa shape index (κ3) is 7.95. The van der Waals surface area contributed by atoms with Crippen LogP contribution in [0, 0.1) is 0 Å². The van der Waals surface area contributed by atoms with Crippen molar-refractivity contribution in [2.24, 2.45) is 0 Å². The van der Waals surface area contributed by atoms with Crippen molar-refractivity contribution in [2.75, 3.05) is 30.8 Å². The summed E-state index contributed by atoms with van der Waals surface area (Å²) in [5.41, 5.74) is 1.73. The normalized spacial score (nSPS) is 11.1. The number of amides is 1. The second-order valence-corrected chi connectivity index (χ2v) is 9.06. The third-order valence-corrected chi connectivity index (χ3v) is 5.85. The number of benzene rings is 2. The lowest BCUT2D eigenvalue weighted by Crippen LogP contribution is -2.32. The molecular weight excluding hydrogens is 412 g/mol. The Morgan fingerprint density at radius 3 is 2.31 bits per heavy atom. The zero-order valence-corrected chi connectivity index (χ0v) is 18.3. The molecule has 158 valence electrons. The number of methoxy groups -OCH3 is 1. The predicted molar refractivity (Wildman–Crippen MR) is 117 cm³/mol. The lowest BCUT2D eigenvalue weighted by atomic mass is 10.1. The van der Waals surface area contributed by atoms with Gasteiger partial charge in [0.2, 0.25) is 15.9 Å². The first-order valence-electron chi connectivity index (χ1n) is 9.42. The second kappa shape index (κ2) is 11.1. The fraction of sp³-hybridized carbons (Fsp3) is 0.381. The molecule has 6 nitrogen and oxygen atoms in total. The molecule has 8 heteroatoms. The van der Waals surface area contributed by atoms with Gasteiger partial charge in [-0.15, -0.1) is 0 Å². The molecule has 0 radical (unpaired) electrons. The Bertz CT molecular complexity index is 884. The van der Waals surface area contributed by atoms with Gasteiger partial charge in [-0.1, -0.05) is 23.7 Å². The number of hydrogen-bond donors (Lipinski definition) is 1. The minimum absolute atomic E-state index is 0.0794. The summed E-state index contributed by atoms with van der Waals surface area (Å²) in [6.45, 7) is 0.817. The monoisotopic (exact) mass is 438 g/mol. The average molecular weight is 439 g/mol. The Hall–Kier alpha value is -2.25. The maximum Gasteiger partial charge on any atom is 0.232 e. The summed E-state index contributed by atoms with van der Waals surface area (Å²) >= 11 is 5.86. The van der Waals surface area contributed by atoms with Gasteiger partial charge >= 0.3 is 0 Å². The molecule has 0 aromatic heterocycles. The molecule has 0 spiro atoms. The standard InChI is InChI=1S/C21H27ClN2O4S/c1-28-20-13-7-17(8-14-20)5-3-15-23-21(25)6-4-16-24(29(2,26)27)19-11-9-18(22)10-12-19/h7-14H,3-6,15-16H2,1-2H3,(H,23,25). The van der Waals surface area contributed by atoms with Crippen LogP contribution >= 0.6 is 11.6 Å². The molecule has 0 unspecified atom stereocenters. The van der Waals surface area contributed by atoms with Crippen molar-refractivity contribution in [1.29, 1.82) is 0 Å². The molecule has 0 fully saturated rings. The first kappa shape index (κ1) is 23.0. The summed E-state index contributed by atoms with van der Waals surface area (Å²) in [5, 5.41) is 3.42. The molecule has 0 saturated heterocycles. The molecule has 2 aromatic carbocycles. The Morgan fingerprint density at radius 1 is 1.07 bits per heavy atom. The highest BCUT2D eigenvalue weighted by Gasteiger charge is 2.17. The number of ether oxygens (including phenoxy) is 1. The fourth-order valence-electron chi connectivity index (χ4n) is 2.88. The van der Waals surface area contributed by atoms with Gasteiger partial charge in [-0.25, -0.2) is 8.42 Å². The van der Waals surface area contributed by atoms with Gasteiger partial charge in [0.1, 0.15) is 5.75 Å². The number of anilines is 1. The molecule has 1 N–H and O–H groups in total. The average Bonchev–Trinajstić information content (AvgIpc) is 2.69. The summed E-state index contributed by atoms with van der Waals surface area (Å²) in [4.78, 5) is 12.0. The highest BCUT2D eigenvalue weighted by molar-refractivity contribution is 7.92. The Morgan fingerprint density at radius 2 is 1.72 bits per heavy atom. The molecule has 0 heterocycles. The van der Waals surface area contributed by atoms with Crippen molar-refractivity contribution in [3.05, 3.63) is 59.1 Å². The lowest BCUT2D eigenvalue weighted by molar-refractivity contribution is -0.121. The molecule has 2 aromatic rings. The van der Waals surface area contributed by atoms with Crippen molar-refractivity contribution in [1.82, 2.24) is 5.32 Å². The van der Waals surface area contributed by atoms with Gasteiger partial charge in [-0.05, 0) is 61.2 Å². The van der Waals surface area contributed by atoms with E-state index >= 15 is 0 Å². The van der Waals surface area contributed by atoms with E-state index in [1.807, 2.05) is 24.3 Å². The van der Waals surface area contributed by atoms with Crippen LogP contribution in [0.4, 0.5) is 5.69 Å². The number of carbonyl (C=O) groups excluding carboxylic acids is 1. The lowest BCUT2D eigenvalue weighted by Gasteiger charge is -2.22. The van der Waals surface area contributed by atoms with Crippen LogP contribution in [0.1, 0.15) is 24.8 Å². The minimum Gasteiger partial charge on any atom is -0.497 e. The highest BCUT2D eigenvalue weighted by Crippen LogP contribution is 2.21. The van der Waals surface area contributed by atoms with Crippen LogP contribution in [0.15, 0.2) is 48.5 Å². The van der Waals surface area contributed by atoms with E-state index in [2.05, 4.69) is 5.32 Å². The van der Waals surface area contributed by atoms with Crippen LogP contribution in [-0.4, -0.2) is 40.8 Å². The number of hydrogen-bond acceptors (Lipinski definition) is 4. The van der Waals surface area contributed by atoms with Gasteiger partial charge in [0.25, 0.3) is 0 Å². The molecule has 0 aliphatic carbocycles. The number of nitrogens with zero attached hydrogens (tertiary/aromatic N) is 1. The van der Waals surface area contributed by atoms with Crippen molar-refractivity contribution in [3.63, 3.8) is 0 Å². The van der Waals surface area contributed by atoms with Gasteiger partial charge in [0, 0.05) is 24.5 Å². The van der Waals surface area contributed by atoms with E-state index in [0.717, 1.165) is 24.8 Å². The number of halogens is 1. The molecule has 0 aliphatic heterocycles. The van der Waals surface area contributed by atoms with E-state index in [4.69, 9.17) is 16.3 Å². The summed E-state index contributed by atoms with van der Waals surface area (Å²) in [6.07, 6.45) is 3.55. The number of nitrogens with one attached hydrogen (secondary N) is 1. The van der Waals surface area contributed by atoms with Gasteiger partial charge < -0.3 is 10.1 Å². The van der Waals surface area contributed by atoms with Crippen LogP contribution in [-0.2, 0) is 21.2 Å². The van der Waals surface area contributed by atoms with Gasteiger partial charge in [0.05, 0.1) is 19.1 Å². The maximum atomic E-state index is 12.1. The first-order chi connectivity index (χ1) is 13.8. The van der Waals surface area contributed by atoms with Crippen LogP contribution in [0.2, 0.25) is 5.02 Å². The quantitative estimate of drug-likeness (QED) is 0.543. The number of carbonyl (C=O) groups is 1. The van der Waals surface area contributed by atoms with E-state index in [0.29, 0.717) is 23.7 Å². The smallest absolute Gasteiger partial charge is 0.232 e. The zero-order chi connectivity index (χ0) is 21.3. The summed E-state index contributed by atoms with van der Waals surface area (Å²) in [7, 11) is -1.80. The molecule has 0 saturated carbocycles. The van der Waals surface area contributed by atoms with Crippen molar-refractivity contribution < 1.29 is 17.9 Å². The Labute approximate surface area is 177 Å². The molecule has 2 rings (SSSR count). The Balaban J connectivity index is 1.72. The van der Waals surface area contributed by atoms with Crippen molar-refractivity contribution >= 4 is 33.2 Å². The van der Waals surface area contributed by atoms with E-state index < -0.39 is 10.0 Å². The van der Waals surface area contributed by atoms with Crippen LogP contribution < -0.4 is 14.4 Å². The largest absolute Gasteiger partial charge is 0.497 e. The molecule has 29 heavy (non-hydrogen) atoms. The van der Waals surface area contributed by atoms with Gasteiger partial charge in [-0.3, -0.25) is 9.10 Å². The van der Waals surface area contributed by atoms with Gasteiger partial charge in [-0.2, -0.15) is 0 Å². The molecule has 0 bridgehead atoms. The first-order valence-corrected chi connectivity index (χ1v) is 11.6. The number of aryl methyl sites for hydroxylation is 1. The maximum absolute atomic E-state index is 12.1. The SMILES string of the molecule is COc1ccc(CCCNC(=O)CCCN(c2ccc(Cl)cc2)S(C)(=O)=O)cc1. The number of rotatable bonds is 11. The third-order valence-electron chi connectivity index (χ3n) is 4.40. The minimum atomic E-state index is -3.44. The van der Waals surface area contributed by atoms with E-state index in [9.17, 15) is 13.2 Å². The van der Waals surface area contributed by atoms with Crippen molar-refractivity contribution in [2.45, 2.75) is 25.7 Å².